The van der Waals surface area contributed by atoms with Gasteiger partial charge in [-0.3, -0.25) is 0 Å². The van der Waals surface area contributed by atoms with Crippen molar-refractivity contribution in [1.29, 1.82) is 0 Å². The molecule has 1 aliphatic carbocycles. The zero-order valence-electron chi connectivity index (χ0n) is 12.1. The van der Waals surface area contributed by atoms with E-state index in [2.05, 4.69) is 11.4 Å². The Labute approximate surface area is 125 Å². The van der Waals surface area contributed by atoms with Crippen LogP contribution in [-0.4, -0.2) is 44.6 Å². The van der Waals surface area contributed by atoms with Crippen molar-refractivity contribution in [3.8, 4) is 0 Å². The van der Waals surface area contributed by atoms with E-state index >= 15 is 0 Å². The summed E-state index contributed by atoms with van der Waals surface area (Å²) in [6, 6.07) is 6.77. The summed E-state index contributed by atoms with van der Waals surface area (Å²) in [5.41, 5.74) is 2.12. The van der Waals surface area contributed by atoms with Crippen LogP contribution in [0.25, 0.3) is 0 Å². The molecule has 0 saturated heterocycles. The zero-order valence-corrected chi connectivity index (χ0v) is 12.9. The third kappa shape index (κ3) is 4.63. The molecule has 1 aromatic rings. The van der Waals surface area contributed by atoms with E-state index in [1.165, 1.54) is 18.4 Å². The van der Waals surface area contributed by atoms with E-state index in [-0.39, 0.29) is 0 Å². The minimum Gasteiger partial charge on any atom is -0.389 e. The Hall–Kier alpha value is -0.810. The summed E-state index contributed by atoms with van der Waals surface area (Å²) in [6.45, 7) is 1.68. The van der Waals surface area contributed by atoms with E-state index in [0.29, 0.717) is 24.2 Å². The highest BCUT2D eigenvalue weighted by molar-refractivity contribution is 6.33. The smallest absolute Gasteiger partial charge is 0.0947 e. The van der Waals surface area contributed by atoms with Crippen molar-refractivity contribution in [2.45, 2.75) is 31.5 Å². The highest BCUT2D eigenvalue weighted by atomic mass is 35.5. The lowest BCUT2D eigenvalue weighted by molar-refractivity contribution is 0.0695. The molecule has 1 atom stereocenters. The Bertz CT molecular complexity index is 438. The number of aliphatic hydroxyl groups is 1. The van der Waals surface area contributed by atoms with Crippen molar-refractivity contribution >= 4 is 17.3 Å². The molecule has 1 aromatic carbocycles. The number of methoxy groups -OCH3 is 1. The maximum absolute atomic E-state index is 9.76. The molecule has 5 heteroatoms. The van der Waals surface area contributed by atoms with Crippen molar-refractivity contribution in [2.75, 3.05) is 32.2 Å². The lowest BCUT2D eigenvalue weighted by Gasteiger charge is -2.23. The summed E-state index contributed by atoms with van der Waals surface area (Å²) in [6.07, 6.45) is 2.05. The number of nitrogens with one attached hydrogen (secondary N) is 1. The molecule has 1 aliphatic rings. The number of halogens is 1. The number of hydrogen-bond donors (Lipinski definition) is 2. The normalized spacial score (nSPS) is 16.2. The van der Waals surface area contributed by atoms with E-state index in [9.17, 15) is 5.11 Å². The predicted molar refractivity (Wildman–Crippen MR) is 82.5 cm³/mol. The fourth-order valence-corrected chi connectivity index (χ4v) is 2.53. The van der Waals surface area contributed by atoms with Crippen LogP contribution in [0.15, 0.2) is 18.2 Å². The van der Waals surface area contributed by atoms with Crippen molar-refractivity contribution in [3.63, 3.8) is 0 Å². The van der Waals surface area contributed by atoms with Gasteiger partial charge in [-0.1, -0.05) is 17.7 Å². The number of rotatable bonds is 8. The van der Waals surface area contributed by atoms with E-state index in [4.69, 9.17) is 16.3 Å². The molecule has 112 valence electrons. The largest absolute Gasteiger partial charge is 0.389 e. The van der Waals surface area contributed by atoms with Crippen LogP contribution < -0.4 is 10.2 Å². The number of nitrogens with zero attached hydrogens (tertiary/aromatic N) is 1. The molecule has 0 radical (unpaired) electrons. The van der Waals surface area contributed by atoms with Crippen LogP contribution in [-0.2, 0) is 11.3 Å². The van der Waals surface area contributed by atoms with Gasteiger partial charge in [0, 0.05) is 33.3 Å². The molecule has 4 nitrogen and oxygen atoms in total. The Balaban J connectivity index is 1.93. The number of anilines is 1. The lowest BCUT2D eigenvalue weighted by Crippen LogP contribution is -2.32. The molecule has 0 heterocycles. The molecular formula is C15H23ClN2O2. The minimum absolute atomic E-state index is 0.325. The third-order valence-corrected chi connectivity index (χ3v) is 3.74. The Morgan fingerprint density at radius 1 is 1.50 bits per heavy atom. The van der Waals surface area contributed by atoms with Gasteiger partial charge >= 0.3 is 0 Å². The molecule has 2 N–H and O–H groups in total. The number of aliphatic hydroxyl groups excluding tert-OH is 1. The standard InChI is InChI=1S/C15H23ClN2O2/c1-18(9-13(19)10-20-2)15-6-3-11(7-14(15)16)8-17-12-4-5-12/h3,6-7,12-13,17,19H,4-5,8-10H2,1-2H3. The van der Waals surface area contributed by atoms with Gasteiger partial charge < -0.3 is 20.1 Å². The van der Waals surface area contributed by atoms with Gasteiger partial charge in [-0.05, 0) is 30.5 Å². The summed E-state index contributed by atoms with van der Waals surface area (Å²) < 4.78 is 4.93. The minimum atomic E-state index is -0.516. The lowest BCUT2D eigenvalue weighted by atomic mass is 10.2. The molecule has 1 saturated carbocycles. The van der Waals surface area contributed by atoms with Gasteiger partial charge in [0.15, 0.2) is 0 Å². The van der Waals surface area contributed by atoms with Crippen molar-refractivity contribution in [1.82, 2.24) is 5.32 Å². The number of benzene rings is 1. The third-order valence-electron chi connectivity index (χ3n) is 3.44. The average Bonchev–Trinajstić information content (AvgIpc) is 3.20. The molecule has 1 fully saturated rings. The average molecular weight is 299 g/mol. The second kappa shape index (κ2) is 7.27. The number of ether oxygens (including phenoxy) is 1. The van der Waals surface area contributed by atoms with E-state index in [1.807, 2.05) is 24.1 Å². The van der Waals surface area contributed by atoms with E-state index in [0.717, 1.165) is 12.2 Å². The Morgan fingerprint density at radius 3 is 2.85 bits per heavy atom. The van der Waals surface area contributed by atoms with Crippen molar-refractivity contribution in [3.05, 3.63) is 28.8 Å². The second-order valence-corrected chi connectivity index (χ2v) is 5.84. The van der Waals surface area contributed by atoms with Crippen LogP contribution in [0.4, 0.5) is 5.69 Å². The first kappa shape index (κ1) is 15.6. The van der Waals surface area contributed by atoms with Gasteiger partial charge in [-0.15, -0.1) is 0 Å². The van der Waals surface area contributed by atoms with Gasteiger partial charge in [0.25, 0.3) is 0 Å². The van der Waals surface area contributed by atoms with Crippen LogP contribution >= 0.6 is 11.6 Å². The van der Waals surface area contributed by atoms with Gasteiger partial charge in [-0.25, -0.2) is 0 Å². The maximum atomic E-state index is 9.76. The summed E-state index contributed by atoms with van der Waals surface area (Å²) >= 11 is 6.33. The number of likely N-dealkylation sites (N-methyl/N-ethyl adjacent to an activating group) is 1. The van der Waals surface area contributed by atoms with Crippen molar-refractivity contribution < 1.29 is 9.84 Å². The van der Waals surface area contributed by atoms with Gasteiger partial charge in [-0.2, -0.15) is 0 Å². The fourth-order valence-electron chi connectivity index (χ4n) is 2.18. The highest BCUT2D eigenvalue weighted by Gasteiger charge is 2.20. The van der Waals surface area contributed by atoms with Crippen LogP contribution in [0.3, 0.4) is 0 Å². The highest BCUT2D eigenvalue weighted by Crippen LogP contribution is 2.27. The van der Waals surface area contributed by atoms with E-state index in [1.54, 1.807) is 7.11 Å². The predicted octanol–water partition coefficient (Wildman–Crippen LogP) is 2.04. The Morgan fingerprint density at radius 2 is 2.25 bits per heavy atom. The topological polar surface area (TPSA) is 44.7 Å². The number of hydrogen-bond acceptors (Lipinski definition) is 4. The van der Waals surface area contributed by atoms with Crippen LogP contribution in [0.5, 0.6) is 0 Å². The summed E-state index contributed by atoms with van der Waals surface area (Å²) in [7, 11) is 3.50. The molecular weight excluding hydrogens is 276 g/mol. The first-order chi connectivity index (χ1) is 9.60. The first-order valence-corrected chi connectivity index (χ1v) is 7.38. The van der Waals surface area contributed by atoms with Gasteiger partial charge in [0.05, 0.1) is 23.4 Å². The van der Waals surface area contributed by atoms with Crippen LogP contribution in [0, 0.1) is 0 Å². The fraction of sp³-hybridized carbons (Fsp3) is 0.600. The quantitative estimate of drug-likeness (QED) is 0.771. The van der Waals surface area contributed by atoms with Crippen LogP contribution in [0.1, 0.15) is 18.4 Å². The monoisotopic (exact) mass is 298 g/mol. The van der Waals surface area contributed by atoms with Crippen LogP contribution in [0.2, 0.25) is 5.02 Å². The maximum Gasteiger partial charge on any atom is 0.0947 e. The first-order valence-electron chi connectivity index (χ1n) is 7.00. The van der Waals surface area contributed by atoms with Gasteiger partial charge in [0.1, 0.15) is 0 Å². The van der Waals surface area contributed by atoms with E-state index < -0.39 is 6.10 Å². The molecule has 1 unspecified atom stereocenters. The molecule has 0 aromatic heterocycles. The molecule has 0 spiro atoms. The van der Waals surface area contributed by atoms with Crippen molar-refractivity contribution in [2.24, 2.45) is 0 Å². The van der Waals surface area contributed by atoms with Gasteiger partial charge in [0.2, 0.25) is 0 Å². The molecule has 0 amide bonds. The summed E-state index contributed by atoms with van der Waals surface area (Å²) in [4.78, 5) is 1.95. The molecule has 20 heavy (non-hydrogen) atoms. The summed E-state index contributed by atoms with van der Waals surface area (Å²) in [5, 5.41) is 13.9. The second-order valence-electron chi connectivity index (χ2n) is 5.43. The SMILES string of the molecule is COCC(O)CN(C)c1ccc(CNC2CC2)cc1Cl. The molecule has 0 aliphatic heterocycles. The zero-order chi connectivity index (χ0) is 14.5. The summed E-state index contributed by atoms with van der Waals surface area (Å²) in [5.74, 6) is 0. The molecule has 0 bridgehead atoms. The Kier molecular flexibility index (Phi) is 5.66. The molecule has 2 rings (SSSR count).